The molecule has 2 aromatic rings. The first-order valence-electron chi connectivity index (χ1n) is 8.99. The van der Waals surface area contributed by atoms with E-state index in [0.29, 0.717) is 30.9 Å². The van der Waals surface area contributed by atoms with Gasteiger partial charge in [-0.15, -0.1) is 0 Å². The summed E-state index contributed by atoms with van der Waals surface area (Å²) in [4.78, 5) is 12.1. The molecule has 164 valence electrons. The van der Waals surface area contributed by atoms with Gasteiger partial charge in [-0.2, -0.15) is 17.5 Å². The summed E-state index contributed by atoms with van der Waals surface area (Å²) in [5, 5.41) is 4.99. The first-order chi connectivity index (χ1) is 14.0. The van der Waals surface area contributed by atoms with Gasteiger partial charge in [-0.1, -0.05) is 13.8 Å². The van der Waals surface area contributed by atoms with Gasteiger partial charge < -0.3 is 10.6 Å². The largest absolute Gasteiger partial charge is 0.419 e. The molecule has 0 aromatic heterocycles. The van der Waals surface area contributed by atoms with Gasteiger partial charge in [0, 0.05) is 24.5 Å². The number of alkyl halides is 3. The molecule has 0 radical (unpaired) electrons. The summed E-state index contributed by atoms with van der Waals surface area (Å²) in [5.41, 5.74) is -1.19. The van der Waals surface area contributed by atoms with E-state index in [-0.39, 0.29) is 17.1 Å². The van der Waals surface area contributed by atoms with Crippen molar-refractivity contribution in [1.82, 2.24) is 4.31 Å². The molecule has 2 N–H and O–H groups in total. The second kappa shape index (κ2) is 9.43. The quantitative estimate of drug-likeness (QED) is 0.602. The van der Waals surface area contributed by atoms with Gasteiger partial charge in [0.1, 0.15) is 5.82 Å². The van der Waals surface area contributed by atoms with E-state index in [4.69, 9.17) is 0 Å². The summed E-state index contributed by atoms with van der Waals surface area (Å²) < 4.78 is 77.6. The van der Waals surface area contributed by atoms with Crippen molar-refractivity contribution in [2.45, 2.75) is 24.9 Å². The number of carbonyl (C=O) groups excluding carboxylic acids is 1. The van der Waals surface area contributed by atoms with Gasteiger partial charge in [-0.25, -0.2) is 12.8 Å². The van der Waals surface area contributed by atoms with E-state index in [1.165, 1.54) is 28.6 Å². The average molecular weight is 447 g/mol. The molecule has 0 saturated heterocycles. The summed E-state index contributed by atoms with van der Waals surface area (Å²) in [6.07, 6.45) is -4.85. The van der Waals surface area contributed by atoms with Crippen molar-refractivity contribution in [3.63, 3.8) is 0 Å². The smallest absolute Gasteiger partial charge is 0.376 e. The molecule has 1 amide bonds. The molecule has 0 unspecified atom stereocenters. The van der Waals surface area contributed by atoms with E-state index in [1.54, 1.807) is 13.8 Å². The molecule has 2 rings (SSSR count). The molecule has 0 bridgehead atoms. The van der Waals surface area contributed by atoms with E-state index in [9.17, 15) is 30.8 Å². The van der Waals surface area contributed by atoms with E-state index in [1.807, 2.05) is 0 Å². The zero-order chi connectivity index (χ0) is 22.5. The molecule has 0 aliphatic heterocycles. The second-order valence-electron chi connectivity index (χ2n) is 6.21. The van der Waals surface area contributed by atoms with Crippen LogP contribution in [0.4, 0.5) is 28.9 Å². The molecular formula is C19H21F4N3O3S. The third-order valence-electron chi connectivity index (χ3n) is 4.21. The van der Waals surface area contributed by atoms with Gasteiger partial charge in [0.25, 0.3) is 0 Å². The topological polar surface area (TPSA) is 78.5 Å². The molecule has 30 heavy (non-hydrogen) atoms. The number of nitrogens with one attached hydrogen (secondary N) is 2. The van der Waals surface area contributed by atoms with Crippen LogP contribution in [0, 0.1) is 5.82 Å². The Morgan fingerprint density at radius 3 is 2.10 bits per heavy atom. The number of rotatable bonds is 8. The Morgan fingerprint density at radius 2 is 1.57 bits per heavy atom. The lowest BCUT2D eigenvalue weighted by atomic mass is 10.2. The predicted molar refractivity (Wildman–Crippen MR) is 105 cm³/mol. The van der Waals surface area contributed by atoms with Crippen LogP contribution in [-0.4, -0.2) is 38.3 Å². The maximum absolute atomic E-state index is 13.3. The zero-order valence-corrected chi connectivity index (χ0v) is 17.1. The summed E-state index contributed by atoms with van der Waals surface area (Å²) in [7, 11) is -3.63. The minimum Gasteiger partial charge on any atom is -0.376 e. The number of carbonyl (C=O) groups is 1. The van der Waals surface area contributed by atoms with Crippen molar-refractivity contribution in [3.8, 4) is 0 Å². The minimum absolute atomic E-state index is 0.0699. The van der Waals surface area contributed by atoms with Gasteiger partial charge in [0.05, 0.1) is 17.0 Å². The molecular weight excluding hydrogens is 426 g/mol. The third kappa shape index (κ3) is 5.70. The van der Waals surface area contributed by atoms with Gasteiger partial charge in [0.2, 0.25) is 15.9 Å². The fourth-order valence-corrected chi connectivity index (χ4v) is 4.12. The Balaban J connectivity index is 2.01. The lowest BCUT2D eigenvalue weighted by Gasteiger charge is -2.18. The van der Waals surface area contributed by atoms with Crippen LogP contribution in [0.2, 0.25) is 0 Å². The van der Waals surface area contributed by atoms with Crippen LogP contribution >= 0.6 is 0 Å². The molecule has 0 spiro atoms. The average Bonchev–Trinajstić information content (AvgIpc) is 2.67. The molecule has 0 atom stereocenters. The monoisotopic (exact) mass is 447 g/mol. The molecule has 0 saturated carbocycles. The number of halogens is 4. The molecule has 0 aliphatic rings. The van der Waals surface area contributed by atoms with Gasteiger partial charge >= 0.3 is 6.18 Å². The Hall–Kier alpha value is -2.66. The van der Waals surface area contributed by atoms with Crippen molar-refractivity contribution in [2.75, 3.05) is 30.3 Å². The normalized spacial score (nSPS) is 12.1. The standard InChI is InChI=1S/C19H21F4N3O3S/c1-3-26(4-2)30(28,29)15-8-5-13(6-9-15)25-18(27)12-24-14-7-10-17(20)16(11-14)19(21,22)23/h5-11,24H,3-4,12H2,1-2H3,(H,25,27). The number of nitrogens with zero attached hydrogens (tertiary/aromatic N) is 1. The first kappa shape index (κ1) is 23.6. The number of benzene rings is 2. The molecule has 0 aliphatic carbocycles. The maximum Gasteiger partial charge on any atom is 0.419 e. The number of hydrogen-bond acceptors (Lipinski definition) is 4. The van der Waals surface area contributed by atoms with Crippen LogP contribution in [0.5, 0.6) is 0 Å². The highest BCUT2D eigenvalue weighted by atomic mass is 32.2. The van der Waals surface area contributed by atoms with Gasteiger partial charge in [-0.3, -0.25) is 4.79 Å². The lowest BCUT2D eigenvalue weighted by Crippen LogP contribution is -2.30. The van der Waals surface area contributed by atoms with E-state index >= 15 is 0 Å². The number of amides is 1. The Bertz CT molecular complexity index is 989. The molecule has 6 nitrogen and oxygen atoms in total. The second-order valence-corrected chi connectivity index (χ2v) is 8.15. The highest BCUT2D eigenvalue weighted by molar-refractivity contribution is 7.89. The molecule has 11 heteroatoms. The van der Waals surface area contributed by atoms with Crippen molar-refractivity contribution in [1.29, 1.82) is 0 Å². The number of hydrogen-bond donors (Lipinski definition) is 2. The van der Waals surface area contributed by atoms with E-state index in [0.717, 1.165) is 6.07 Å². The van der Waals surface area contributed by atoms with E-state index in [2.05, 4.69) is 10.6 Å². The summed E-state index contributed by atoms with van der Waals surface area (Å²) >= 11 is 0. The summed E-state index contributed by atoms with van der Waals surface area (Å²) in [6.45, 7) is 3.72. The van der Waals surface area contributed by atoms with Gasteiger partial charge in [0.15, 0.2) is 0 Å². The third-order valence-corrected chi connectivity index (χ3v) is 6.27. The fraction of sp³-hybridized carbons (Fsp3) is 0.316. The summed E-state index contributed by atoms with van der Waals surface area (Å²) in [6, 6.07) is 7.86. The van der Waals surface area contributed by atoms with Crippen molar-refractivity contribution in [2.24, 2.45) is 0 Å². The van der Waals surface area contributed by atoms with Gasteiger partial charge in [-0.05, 0) is 42.5 Å². The predicted octanol–water partition coefficient (Wildman–Crippen LogP) is 3.93. The van der Waals surface area contributed by atoms with Crippen LogP contribution < -0.4 is 10.6 Å². The Kier molecular flexibility index (Phi) is 7.43. The van der Waals surface area contributed by atoms with E-state index < -0.39 is 33.5 Å². The molecule has 2 aromatic carbocycles. The zero-order valence-electron chi connectivity index (χ0n) is 16.3. The SMILES string of the molecule is CCN(CC)S(=O)(=O)c1ccc(NC(=O)CNc2ccc(F)c(C(F)(F)F)c2)cc1. The van der Waals surface area contributed by atoms with Crippen molar-refractivity contribution in [3.05, 3.63) is 53.8 Å². The van der Waals surface area contributed by atoms with Crippen molar-refractivity contribution >= 4 is 27.3 Å². The maximum atomic E-state index is 13.3. The highest BCUT2D eigenvalue weighted by Gasteiger charge is 2.34. The Morgan fingerprint density at radius 1 is 1.00 bits per heavy atom. The van der Waals surface area contributed by atoms with Crippen LogP contribution in [0.1, 0.15) is 19.4 Å². The molecule has 0 heterocycles. The lowest BCUT2D eigenvalue weighted by molar-refractivity contribution is -0.139. The Labute approximate surface area is 171 Å². The van der Waals surface area contributed by atoms with Crippen LogP contribution in [0.25, 0.3) is 0 Å². The fourth-order valence-electron chi connectivity index (χ4n) is 2.66. The summed E-state index contributed by atoms with van der Waals surface area (Å²) in [5.74, 6) is -1.98. The first-order valence-corrected chi connectivity index (χ1v) is 10.4. The van der Waals surface area contributed by atoms with Crippen LogP contribution in [0.15, 0.2) is 47.4 Å². The van der Waals surface area contributed by atoms with Crippen LogP contribution in [0.3, 0.4) is 0 Å². The number of anilines is 2. The number of sulfonamides is 1. The van der Waals surface area contributed by atoms with Crippen LogP contribution in [-0.2, 0) is 21.0 Å². The highest BCUT2D eigenvalue weighted by Crippen LogP contribution is 2.32. The van der Waals surface area contributed by atoms with Crippen molar-refractivity contribution < 1.29 is 30.8 Å². The minimum atomic E-state index is -4.85. The molecule has 0 fully saturated rings.